The van der Waals surface area contributed by atoms with Crippen LogP contribution in [0.1, 0.15) is 142 Å². The average molecular weight is 444 g/mol. The van der Waals surface area contributed by atoms with Crippen LogP contribution in [0.5, 0.6) is 0 Å². The van der Waals surface area contributed by atoms with Crippen LogP contribution in [0.25, 0.3) is 0 Å². The monoisotopic (exact) mass is 443 g/mol. The van der Waals surface area contributed by atoms with Gasteiger partial charge in [-0.15, -0.1) is 0 Å². The lowest BCUT2D eigenvalue weighted by molar-refractivity contribution is 0.404. The van der Waals surface area contributed by atoms with Gasteiger partial charge in [-0.3, -0.25) is 0 Å². The average Bonchev–Trinajstić information content (AvgIpc) is 2.82. The second kappa shape index (κ2) is 21.8. The predicted molar refractivity (Wildman–Crippen MR) is 147 cm³/mol. The smallest absolute Gasteiger partial charge is 0.0363 e. The largest absolute Gasteiger partial charge is 0.374 e. The molecule has 0 aliphatic rings. The molecule has 1 rings (SSSR count). The van der Waals surface area contributed by atoms with Crippen molar-refractivity contribution in [3.63, 3.8) is 0 Å². The second-order valence-electron chi connectivity index (χ2n) is 10.3. The zero-order valence-electron chi connectivity index (χ0n) is 22.3. The molecule has 0 bridgehead atoms. The minimum atomic E-state index is 0.856. The summed E-state index contributed by atoms with van der Waals surface area (Å²) in [5.74, 6) is 0.856. The molecule has 0 amide bonds. The van der Waals surface area contributed by atoms with E-state index in [9.17, 15) is 0 Å². The lowest BCUT2D eigenvalue weighted by Gasteiger charge is -2.26. The first-order valence-electron chi connectivity index (χ1n) is 14.5. The molecule has 1 unspecified atom stereocenters. The normalized spacial score (nSPS) is 12.2. The highest BCUT2D eigenvalue weighted by molar-refractivity contribution is 5.44. The van der Waals surface area contributed by atoms with E-state index in [1.165, 1.54) is 141 Å². The van der Waals surface area contributed by atoms with Gasteiger partial charge in [0.25, 0.3) is 0 Å². The Labute approximate surface area is 202 Å². The fourth-order valence-electron chi connectivity index (χ4n) is 4.99. The van der Waals surface area contributed by atoms with Gasteiger partial charge in [-0.05, 0) is 30.9 Å². The van der Waals surface area contributed by atoms with E-state index in [-0.39, 0.29) is 0 Å². The summed E-state index contributed by atoms with van der Waals surface area (Å²) in [5.41, 5.74) is 1.37. The van der Waals surface area contributed by atoms with Crippen molar-refractivity contribution in [3.8, 4) is 0 Å². The highest BCUT2D eigenvalue weighted by Gasteiger charge is 2.12. The summed E-state index contributed by atoms with van der Waals surface area (Å²) in [6.45, 7) is 5.83. The maximum atomic E-state index is 2.49. The molecule has 0 saturated carbocycles. The summed E-state index contributed by atoms with van der Waals surface area (Å²) in [6.07, 6.45) is 28.7. The van der Waals surface area contributed by atoms with E-state index in [4.69, 9.17) is 0 Å². The van der Waals surface area contributed by atoms with Crippen molar-refractivity contribution < 1.29 is 0 Å². The van der Waals surface area contributed by atoms with Gasteiger partial charge in [0.05, 0.1) is 0 Å². The van der Waals surface area contributed by atoms with E-state index < -0.39 is 0 Å². The summed E-state index contributed by atoms with van der Waals surface area (Å²) < 4.78 is 0. The second-order valence-corrected chi connectivity index (χ2v) is 10.3. The van der Waals surface area contributed by atoms with Crippen LogP contribution in [0.4, 0.5) is 5.69 Å². The molecule has 1 nitrogen and oxygen atoms in total. The molecule has 0 saturated heterocycles. The Morgan fingerprint density at radius 2 is 0.906 bits per heavy atom. The third kappa shape index (κ3) is 16.6. The summed E-state index contributed by atoms with van der Waals surface area (Å²) in [7, 11) is 2.29. The zero-order valence-corrected chi connectivity index (χ0v) is 22.3. The molecule has 186 valence electrons. The van der Waals surface area contributed by atoms with Gasteiger partial charge in [-0.1, -0.05) is 148 Å². The summed E-state index contributed by atoms with van der Waals surface area (Å²) in [4.78, 5) is 2.49. The van der Waals surface area contributed by atoms with E-state index in [0.29, 0.717) is 0 Å². The Hall–Kier alpha value is -0.980. The summed E-state index contributed by atoms with van der Waals surface area (Å²) >= 11 is 0. The summed E-state index contributed by atoms with van der Waals surface area (Å²) in [5, 5.41) is 0. The predicted octanol–water partition coefficient (Wildman–Crippen LogP) is 10.6. The highest BCUT2D eigenvalue weighted by Crippen LogP contribution is 2.23. The number of benzene rings is 1. The van der Waals surface area contributed by atoms with Crippen molar-refractivity contribution in [2.45, 2.75) is 142 Å². The van der Waals surface area contributed by atoms with Crippen molar-refractivity contribution in [2.75, 3.05) is 18.5 Å². The molecule has 1 heteroatoms. The SMILES string of the molecule is CCCCCCCCCCCCC(CCCCCCCCCC)CN(C)c1ccccc1. The Balaban J connectivity index is 2.23. The van der Waals surface area contributed by atoms with Crippen LogP contribution in [-0.4, -0.2) is 13.6 Å². The molecular weight excluding hydrogens is 386 g/mol. The lowest BCUT2D eigenvalue weighted by Crippen LogP contribution is -2.25. The fraction of sp³-hybridized carbons (Fsp3) is 0.806. The van der Waals surface area contributed by atoms with Gasteiger partial charge in [0.15, 0.2) is 0 Å². The number of rotatable bonds is 23. The molecule has 0 aliphatic heterocycles. The highest BCUT2D eigenvalue weighted by atomic mass is 15.1. The first-order valence-corrected chi connectivity index (χ1v) is 14.5. The first-order chi connectivity index (χ1) is 15.8. The molecule has 0 heterocycles. The van der Waals surface area contributed by atoms with Crippen LogP contribution in [0.15, 0.2) is 30.3 Å². The Bertz CT molecular complexity index is 482. The van der Waals surface area contributed by atoms with Crippen LogP contribution in [-0.2, 0) is 0 Å². The quantitative estimate of drug-likeness (QED) is 0.152. The van der Waals surface area contributed by atoms with E-state index in [1.54, 1.807) is 0 Å². The van der Waals surface area contributed by atoms with E-state index in [2.05, 4.69) is 56.1 Å². The molecule has 1 atom stereocenters. The zero-order chi connectivity index (χ0) is 23.1. The summed E-state index contributed by atoms with van der Waals surface area (Å²) in [6, 6.07) is 11.0. The van der Waals surface area contributed by atoms with Crippen molar-refractivity contribution >= 4 is 5.69 Å². The van der Waals surface area contributed by atoms with Crippen molar-refractivity contribution in [3.05, 3.63) is 30.3 Å². The molecule has 1 aromatic rings. The van der Waals surface area contributed by atoms with Gasteiger partial charge in [-0.25, -0.2) is 0 Å². The van der Waals surface area contributed by atoms with E-state index in [1.807, 2.05) is 0 Å². The Kier molecular flexibility index (Phi) is 19.8. The molecule has 0 radical (unpaired) electrons. The molecule has 0 aromatic heterocycles. The molecular formula is C31H57N. The van der Waals surface area contributed by atoms with Crippen molar-refractivity contribution in [2.24, 2.45) is 5.92 Å². The number of hydrogen-bond acceptors (Lipinski definition) is 1. The van der Waals surface area contributed by atoms with Gasteiger partial charge < -0.3 is 4.90 Å². The standard InChI is InChI=1S/C31H57N/c1-4-6-8-10-12-14-15-17-19-22-26-30(25-21-18-16-13-11-9-7-5-2)29-32(3)31-27-23-20-24-28-31/h20,23-24,27-28,30H,4-19,21-22,25-26,29H2,1-3H3. The minimum absolute atomic E-state index is 0.856. The van der Waals surface area contributed by atoms with Gasteiger partial charge in [0.2, 0.25) is 0 Å². The fourth-order valence-corrected chi connectivity index (χ4v) is 4.99. The number of para-hydroxylation sites is 1. The third-order valence-corrected chi connectivity index (χ3v) is 7.16. The third-order valence-electron chi connectivity index (χ3n) is 7.16. The number of anilines is 1. The number of nitrogens with zero attached hydrogens (tertiary/aromatic N) is 1. The first kappa shape index (κ1) is 29.1. The number of hydrogen-bond donors (Lipinski definition) is 0. The van der Waals surface area contributed by atoms with E-state index >= 15 is 0 Å². The van der Waals surface area contributed by atoms with Gasteiger partial charge in [0.1, 0.15) is 0 Å². The van der Waals surface area contributed by atoms with E-state index in [0.717, 1.165) is 5.92 Å². The Morgan fingerprint density at radius 3 is 1.31 bits per heavy atom. The van der Waals surface area contributed by atoms with Gasteiger partial charge in [0, 0.05) is 19.3 Å². The maximum Gasteiger partial charge on any atom is 0.0363 e. The molecule has 32 heavy (non-hydrogen) atoms. The van der Waals surface area contributed by atoms with Crippen LogP contribution >= 0.6 is 0 Å². The van der Waals surface area contributed by atoms with Gasteiger partial charge >= 0.3 is 0 Å². The number of unbranched alkanes of at least 4 members (excludes halogenated alkanes) is 16. The van der Waals surface area contributed by atoms with Crippen LogP contribution in [0.2, 0.25) is 0 Å². The topological polar surface area (TPSA) is 3.24 Å². The minimum Gasteiger partial charge on any atom is -0.374 e. The van der Waals surface area contributed by atoms with Crippen LogP contribution in [0.3, 0.4) is 0 Å². The van der Waals surface area contributed by atoms with Crippen LogP contribution < -0.4 is 4.90 Å². The van der Waals surface area contributed by atoms with Gasteiger partial charge in [-0.2, -0.15) is 0 Å². The molecule has 0 fully saturated rings. The van der Waals surface area contributed by atoms with Crippen molar-refractivity contribution in [1.82, 2.24) is 0 Å². The van der Waals surface area contributed by atoms with Crippen molar-refractivity contribution in [1.29, 1.82) is 0 Å². The maximum absolute atomic E-state index is 2.49. The molecule has 0 aliphatic carbocycles. The molecule has 0 N–H and O–H groups in total. The van der Waals surface area contributed by atoms with Crippen LogP contribution in [0, 0.1) is 5.92 Å². The molecule has 1 aromatic carbocycles. The Morgan fingerprint density at radius 1 is 0.531 bits per heavy atom. The lowest BCUT2D eigenvalue weighted by atomic mass is 9.93. The molecule has 0 spiro atoms.